The molecule has 1 fully saturated rings. The summed E-state index contributed by atoms with van der Waals surface area (Å²) in [6.45, 7) is 2.13. The molecule has 1 aromatic carbocycles. The summed E-state index contributed by atoms with van der Waals surface area (Å²) < 4.78 is 5.40. The zero-order chi connectivity index (χ0) is 14.6. The van der Waals surface area contributed by atoms with Gasteiger partial charge in [-0.2, -0.15) is 0 Å². The topological polar surface area (TPSA) is 81.6 Å². The molecule has 0 saturated carbocycles. The molecule has 5 heteroatoms. The van der Waals surface area contributed by atoms with Crippen molar-refractivity contribution in [3.8, 4) is 0 Å². The highest BCUT2D eigenvalue weighted by molar-refractivity contribution is 5.86. The lowest BCUT2D eigenvalue weighted by atomic mass is 9.89. The first kappa shape index (κ1) is 15.0. The van der Waals surface area contributed by atoms with E-state index in [1.54, 1.807) is 7.11 Å². The number of rotatable bonds is 5. The zero-order valence-corrected chi connectivity index (χ0v) is 11.9. The molecule has 0 aromatic heterocycles. The Morgan fingerprint density at radius 1 is 1.45 bits per heavy atom. The van der Waals surface area contributed by atoms with Crippen LogP contribution in [0.15, 0.2) is 30.3 Å². The van der Waals surface area contributed by atoms with Crippen molar-refractivity contribution in [2.45, 2.75) is 24.5 Å². The molecule has 1 aromatic rings. The fourth-order valence-corrected chi connectivity index (χ4v) is 2.75. The first-order chi connectivity index (χ1) is 9.56. The van der Waals surface area contributed by atoms with E-state index in [9.17, 15) is 4.79 Å². The van der Waals surface area contributed by atoms with Gasteiger partial charge < -0.3 is 16.2 Å². The Bertz CT molecular complexity index is 452. The fraction of sp³-hybridized carbons (Fsp3) is 0.533. The lowest BCUT2D eigenvalue weighted by molar-refractivity contribution is -0.124. The lowest BCUT2D eigenvalue weighted by Crippen LogP contribution is -2.58. The second-order valence-corrected chi connectivity index (χ2v) is 5.44. The number of carbonyl (C=O) groups is 1. The van der Waals surface area contributed by atoms with Crippen LogP contribution in [0.4, 0.5) is 0 Å². The average Bonchev–Trinajstić information content (AvgIpc) is 2.48. The fourth-order valence-electron chi connectivity index (χ4n) is 2.75. The average molecular weight is 277 g/mol. The molecule has 5 nitrogen and oxygen atoms in total. The Morgan fingerprint density at radius 2 is 2.15 bits per heavy atom. The number of piperidine rings is 1. The maximum Gasteiger partial charge on any atom is 0.243 e. The van der Waals surface area contributed by atoms with E-state index in [0.717, 1.165) is 31.5 Å². The number of hydrogen-bond acceptors (Lipinski definition) is 4. The van der Waals surface area contributed by atoms with Crippen LogP contribution in [-0.2, 0) is 15.1 Å². The molecule has 2 atom stereocenters. The van der Waals surface area contributed by atoms with Crippen molar-refractivity contribution >= 4 is 5.91 Å². The monoisotopic (exact) mass is 277 g/mol. The summed E-state index contributed by atoms with van der Waals surface area (Å²) in [7, 11) is 1.72. The maximum atomic E-state index is 11.9. The maximum absolute atomic E-state index is 11.9. The molecule has 1 amide bonds. The lowest BCUT2D eigenvalue weighted by Gasteiger charge is -2.37. The molecular formula is C15H23N3O2. The van der Waals surface area contributed by atoms with Crippen LogP contribution in [0, 0.1) is 0 Å². The van der Waals surface area contributed by atoms with E-state index in [0.29, 0.717) is 6.54 Å². The number of nitrogens with zero attached hydrogens (tertiary/aromatic N) is 1. The van der Waals surface area contributed by atoms with Crippen LogP contribution in [0.2, 0.25) is 0 Å². The van der Waals surface area contributed by atoms with Crippen molar-refractivity contribution in [2.75, 3.05) is 26.7 Å². The van der Waals surface area contributed by atoms with Crippen LogP contribution < -0.4 is 11.5 Å². The van der Waals surface area contributed by atoms with E-state index in [1.165, 1.54) is 0 Å². The van der Waals surface area contributed by atoms with Crippen molar-refractivity contribution in [2.24, 2.45) is 11.5 Å². The van der Waals surface area contributed by atoms with Crippen LogP contribution in [0.3, 0.4) is 0 Å². The van der Waals surface area contributed by atoms with Gasteiger partial charge in [0, 0.05) is 20.2 Å². The van der Waals surface area contributed by atoms with E-state index in [1.807, 2.05) is 30.3 Å². The Labute approximate surface area is 119 Å². The summed E-state index contributed by atoms with van der Waals surface area (Å²) in [5.74, 6) is -0.497. The van der Waals surface area contributed by atoms with Crippen molar-refractivity contribution in [3.63, 3.8) is 0 Å². The number of carbonyl (C=O) groups excluding carboxylic acids is 1. The van der Waals surface area contributed by atoms with Gasteiger partial charge in [-0.25, -0.2) is 0 Å². The van der Waals surface area contributed by atoms with Gasteiger partial charge in [-0.3, -0.25) is 9.69 Å². The van der Waals surface area contributed by atoms with Crippen molar-refractivity contribution in [1.29, 1.82) is 0 Å². The number of methoxy groups -OCH3 is 1. The molecule has 1 aliphatic rings. The van der Waals surface area contributed by atoms with Gasteiger partial charge in [0.1, 0.15) is 5.54 Å². The number of benzene rings is 1. The standard InChI is InChI=1S/C15H23N3O2/c1-20-13-8-5-9-18(10-13)11-15(17,14(16)19)12-6-3-2-4-7-12/h2-4,6-7,13H,5,8-11,17H2,1H3,(H2,16,19). The third-order valence-corrected chi connectivity index (χ3v) is 4.00. The molecule has 0 bridgehead atoms. The first-order valence-electron chi connectivity index (χ1n) is 6.95. The largest absolute Gasteiger partial charge is 0.380 e. The van der Waals surface area contributed by atoms with Gasteiger partial charge in [-0.05, 0) is 24.9 Å². The molecule has 2 unspecified atom stereocenters. The summed E-state index contributed by atoms with van der Waals surface area (Å²) in [4.78, 5) is 14.0. The minimum Gasteiger partial charge on any atom is -0.380 e. The van der Waals surface area contributed by atoms with Gasteiger partial charge in [0.2, 0.25) is 5.91 Å². The van der Waals surface area contributed by atoms with E-state index < -0.39 is 11.4 Å². The van der Waals surface area contributed by atoms with Crippen molar-refractivity contribution in [1.82, 2.24) is 4.90 Å². The third-order valence-electron chi connectivity index (χ3n) is 4.00. The SMILES string of the molecule is COC1CCCN(CC(N)(C(N)=O)c2ccccc2)C1. The second-order valence-electron chi connectivity index (χ2n) is 5.44. The molecule has 110 valence electrons. The third kappa shape index (κ3) is 3.17. The summed E-state index contributed by atoms with van der Waals surface area (Å²) in [6.07, 6.45) is 2.30. The quantitative estimate of drug-likeness (QED) is 0.818. The van der Waals surface area contributed by atoms with Crippen LogP contribution in [0.25, 0.3) is 0 Å². The second kappa shape index (κ2) is 6.35. The molecule has 0 radical (unpaired) electrons. The van der Waals surface area contributed by atoms with E-state index in [-0.39, 0.29) is 6.10 Å². The summed E-state index contributed by atoms with van der Waals surface area (Å²) in [5.41, 5.74) is 11.5. The minimum absolute atomic E-state index is 0.205. The highest BCUT2D eigenvalue weighted by atomic mass is 16.5. The van der Waals surface area contributed by atoms with E-state index in [4.69, 9.17) is 16.2 Å². The first-order valence-corrected chi connectivity index (χ1v) is 6.95. The summed E-state index contributed by atoms with van der Waals surface area (Å²) in [5, 5.41) is 0. The molecule has 4 N–H and O–H groups in total. The van der Waals surface area contributed by atoms with Gasteiger partial charge in [0.05, 0.1) is 6.10 Å². The number of amides is 1. The predicted octanol–water partition coefficient (Wildman–Crippen LogP) is 0.437. The minimum atomic E-state index is -1.16. The van der Waals surface area contributed by atoms with Crippen LogP contribution in [0.5, 0.6) is 0 Å². The smallest absolute Gasteiger partial charge is 0.243 e. The zero-order valence-electron chi connectivity index (χ0n) is 11.9. The van der Waals surface area contributed by atoms with Crippen LogP contribution >= 0.6 is 0 Å². The molecule has 1 aliphatic heterocycles. The molecule has 1 heterocycles. The Hall–Kier alpha value is -1.43. The predicted molar refractivity (Wildman–Crippen MR) is 78.0 cm³/mol. The van der Waals surface area contributed by atoms with Gasteiger partial charge in [0.15, 0.2) is 0 Å². The van der Waals surface area contributed by atoms with Crippen LogP contribution in [-0.4, -0.2) is 43.7 Å². The highest BCUT2D eigenvalue weighted by Crippen LogP contribution is 2.22. The number of ether oxygens (including phenoxy) is 1. The summed E-state index contributed by atoms with van der Waals surface area (Å²) in [6, 6.07) is 9.33. The molecule has 0 aliphatic carbocycles. The molecule has 2 rings (SSSR count). The summed E-state index contributed by atoms with van der Waals surface area (Å²) >= 11 is 0. The van der Waals surface area contributed by atoms with E-state index in [2.05, 4.69) is 4.90 Å². The number of primary amides is 1. The molecule has 1 saturated heterocycles. The van der Waals surface area contributed by atoms with Crippen LogP contribution in [0.1, 0.15) is 18.4 Å². The number of hydrogen-bond donors (Lipinski definition) is 2. The molecule has 0 spiro atoms. The normalized spacial score (nSPS) is 23.2. The Morgan fingerprint density at radius 3 is 2.75 bits per heavy atom. The van der Waals surface area contributed by atoms with E-state index >= 15 is 0 Å². The van der Waals surface area contributed by atoms with Gasteiger partial charge in [-0.1, -0.05) is 30.3 Å². The molecular weight excluding hydrogens is 254 g/mol. The number of likely N-dealkylation sites (tertiary alicyclic amines) is 1. The van der Waals surface area contributed by atoms with Crippen molar-refractivity contribution in [3.05, 3.63) is 35.9 Å². The van der Waals surface area contributed by atoms with Gasteiger partial charge in [-0.15, -0.1) is 0 Å². The van der Waals surface area contributed by atoms with Gasteiger partial charge in [0.25, 0.3) is 0 Å². The van der Waals surface area contributed by atoms with Crippen molar-refractivity contribution < 1.29 is 9.53 Å². The van der Waals surface area contributed by atoms with Gasteiger partial charge >= 0.3 is 0 Å². The Balaban J connectivity index is 2.15. The highest BCUT2D eigenvalue weighted by Gasteiger charge is 2.37. The Kier molecular flexibility index (Phi) is 4.75. The number of nitrogens with two attached hydrogens (primary N) is 2. The molecule has 20 heavy (non-hydrogen) atoms.